The molecule has 0 aliphatic heterocycles. The third kappa shape index (κ3) is 7.99. The van der Waals surface area contributed by atoms with Gasteiger partial charge in [-0.1, -0.05) is 83.1 Å². The molecule has 282 valence electrons. The van der Waals surface area contributed by atoms with Crippen molar-refractivity contribution in [3.63, 3.8) is 0 Å². The van der Waals surface area contributed by atoms with Crippen molar-refractivity contribution in [2.24, 2.45) is 0 Å². The predicted molar refractivity (Wildman–Crippen MR) is 236 cm³/mol. The maximum absolute atomic E-state index is 5.71. The maximum atomic E-state index is 5.71. The lowest BCUT2D eigenvalue weighted by molar-refractivity contribution is 0.501. The fraction of sp³-hybridized carbons (Fsp3) is 0.409. The van der Waals surface area contributed by atoms with E-state index in [0.29, 0.717) is 23.7 Å². The number of nitrogens with zero attached hydrogens (tertiary/aromatic N) is 4. The SMILES string of the molecule is CC(C)c1cc2cc3sc(C(C)C)cc3cc2s1.CC(C)c1nc2cc3oc(C(C)C)nc3cc2o1.CC(C)c1nc2cc3sc(C(C)C)nc3cc2s1. The lowest BCUT2D eigenvalue weighted by Gasteiger charge is -1.96. The summed E-state index contributed by atoms with van der Waals surface area (Å²) >= 11 is 7.47. The molecule has 0 atom stereocenters. The zero-order valence-corrected chi connectivity index (χ0v) is 36.6. The highest BCUT2D eigenvalue weighted by atomic mass is 32.1. The van der Waals surface area contributed by atoms with Gasteiger partial charge in [0.1, 0.15) is 11.0 Å². The Morgan fingerprint density at radius 1 is 0.370 bits per heavy atom. The molecule has 0 aliphatic rings. The fourth-order valence-electron chi connectivity index (χ4n) is 5.94. The Labute approximate surface area is 333 Å². The highest BCUT2D eigenvalue weighted by Gasteiger charge is 2.16. The maximum Gasteiger partial charge on any atom is 0.198 e. The number of hydrogen-bond acceptors (Lipinski definition) is 10. The van der Waals surface area contributed by atoms with Gasteiger partial charge in [0.05, 0.1) is 30.4 Å². The Bertz CT molecular complexity index is 2090. The van der Waals surface area contributed by atoms with Gasteiger partial charge >= 0.3 is 0 Å². The van der Waals surface area contributed by atoms with Gasteiger partial charge in [0.25, 0.3) is 0 Å². The second-order valence-electron chi connectivity index (χ2n) is 15.9. The summed E-state index contributed by atoms with van der Waals surface area (Å²) < 4.78 is 16.8. The van der Waals surface area contributed by atoms with Crippen LogP contribution in [0.25, 0.3) is 62.8 Å². The molecular weight excluding hydrogens is 745 g/mol. The van der Waals surface area contributed by atoms with Gasteiger partial charge in [-0.25, -0.2) is 19.9 Å². The van der Waals surface area contributed by atoms with Crippen LogP contribution < -0.4 is 0 Å². The number of benzene rings is 3. The normalized spacial score (nSPS) is 12.3. The highest BCUT2D eigenvalue weighted by molar-refractivity contribution is 7.21. The topological polar surface area (TPSA) is 77.8 Å². The van der Waals surface area contributed by atoms with E-state index in [1.165, 1.54) is 49.3 Å². The van der Waals surface area contributed by atoms with E-state index in [-0.39, 0.29) is 11.8 Å². The highest BCUT2D eigenvalue weighted by Crippen LogP contribution is 2.38. The van der Waals surface area contributed by atoms with Crippen LogP contribution in [-0.2, 0) is 0 Å². The molecule has 9 rings (SSSR count). The van der Waals surface area contributed by atoms with Crippen LogP contribution in [-0.4, -0.2) is 19.9 Å². The van der Waals surface area contributed by atoms with Crippen molar-refractivity contribution in [3.05, 3.63) is 80.1 Å². The van der Waals surface area contributed by atoms with Gasteiger partial charge in [-0.15, -0.1) is 45.3 Å². The smallest absolute Gasteiger partial charge is 0.198 e. The molecule has 0 radical (unpaired) electrons. The molecule has 0 spiro atoms. The molecule has 6 nitrogen and oxygen atoms in total. The fourth-order valence-corrected chi connectivity index (χ4v) is 10.1. The molecular formula is C44H50N4O2S4. The molecule has 3 aromatic carbocycles. The van der Waals surface area contributed by atoms with E-state index in [9.17, 15) is 0 Å². The summed E-state index contributed by atoms with van der Waals surface area (Å²) in [7, 11) is 0. The largest absolute Gasteiger partial charge is 0.440 e. The third-order valence-corrected chi connectivity index (χ3v) is 14.6. The molecule has 54 heavy (non-hydrogen) atoms. The average molecular weight is 795 g/mol. The molecule has 6 aromatic heterocycles. The minimum atomic E-state index is 0.280. The summed E-state index contributed by atoms with van der Waals surface area (Å²) in [6.45, 7) is 26.1. The van der Waals surface area contributed by atoms with E-state index in [2.05, 4.69) is 129 Å². The van der Waals surface area contributed by atoms with Crippen LogP contribution in [0.3, 0.4) is 0 Å². The van der Waals surface area contributed by atoms with Crippen molar-refractivity contribution in [2.75, 3.05) is 0 Å². The first-order chi connectivity index (χ1) is 25.6. The van der Waals surface area contributed by atoms with Crippen LogP contribution in [0.2, 0.25) is 0 Å². The number of hydrogen-bond donors (Lipinski definition) is 0. The second-order valence-corrected chi connectivity index (χ2v) is 20.3. The van der Waals surface area contributed by atoms with Crippen LogP contribution in [0, 0.1) is 0 Å². The molecule has 0 amide bonds. The van der Waals surface area contributed by atoms with Gasteiger partial charge in [0.2, 0.25) is 0 Å². The van der Waals surface area contributed by atoms with E-state index in [4.69, 9.17) is 18.8 Å². The number of oxazole rings is 2. The van der Waals surface area contributed by atoms with Gasteiger partial charge in [-0.3, -0.25) is 0 Å². The number of fused-ring (bicyclic) bond motifs is 6. The van der Waals surface area contributed by atoms with Crippen LogP contribution in [0.15, 0.2) is 57.4 Å². The molecule has 0 unspecified atom stereocenters. The zero-order valence-electron chi connectivity index (χ0n) is 33.3. The quantitative estimate of drug-likeness (QED) is 0.167. The number of rotatable bonds is 6. The third-order valence-electron chi connectivity index (χ3n) is 9.17. The summed E-state index contributed by atoms with van der Waals surface area (Å²) in [5.74, 6) is 4.33. The summed E-state index contributed by atoms with van der Waals surface area (Å²) in [6, 6.07) is 17.6. The van der Waals surface area contributed by atoms with Crippen LogP contribution in [0.1, 0.15) is 150 Å². The monoisotopic (exact) mass is 794 g/mol. The first-order valence-corrected chi connectivity index (χ1v) is 22.3. The summed E-state index contributed by atoms with van der Waals surface area (Å²) in [6.07, 6.45) is 0. The van der Waals surface area contributed by atoms with Crippen molar-refractivity contribution in [3.8, 4) is 0 Å². The van der Waals surface area contributed by atoms with Gasteiger partial charge in [0.15, 0.2) is 22.9 Å². The van der Waals surface area contributed by atoms with E-state index in [1.807, 2.05) is 34.8 Å². The van der Waals surface area contributed by atoms with Gasteiger partial charge < -0.3 is 8.83 Å². The van der Waals surface area contributed by atoms with Gasteiger partial charge in [-0.05, 0) is 59.0 Å². The van der Waals surface area contributed by atoms with Crippen molar-refractivity contribution in [1.29, 1.82) is 0 Å². The number of aromatic nitrogens is 4. The van der Waals surface area contributed by atoms with Crippen molar-refractivity contribution < 1.29 is 8.83 Å². The Morgan fingerprint density at radius 2 is 0.759 bits per heavy atom. The summed E-state index contributed by atoms with van der Waals surface area (Å²) in [5.41, 5.74) is 5.45. The van der Waals surface area contributed by atoms with Gasteiger partial charge in [-0.2, -0.15) is 0 Å². The molecule has 0 saturated carbocycles. The Hall–Kier alpha value is -3.70. The Balaban J connectivity index is 0.000000125. The predicted octanol–water partition coefficient (Wildman–Crippen LogP) is 15.7. The minimum Gasteiger partial charge on any atom is -0.440 e. The first-order valence-electron chi connectivity index (χ1n) is 19.0. The van der Waals surface area contributed by atoms with Crippen molar-refractivity contribution in [1.82, 2.24) is 19.9 Å². The van der Waals surface area contributed by atoms with E-state index < -0.39 is 0 Å². The van der Waals surface area contributed by atoms with Crippen molar-refractivity contribution in [2.45, 2.75) is 119 Å². The minimum absolute atomic E-state index is 0.280. The molecule has 6 heterocycles. The number of thiazole rings is 2. The van der Waals surface area contributed by atoms with Gasteiger partial charge in [0, 0.05) is 55.0 Å². The van der Waals surface area contributed by atoms with E-state index in [1.54, 1.807) is 22.7 Å². The van der Waals surface area contributed by atoms with E-state index >= 15 is 0 Å². The second kappa shape index (κ2) is 15.4. The molecule has 0 aliphatic carbocycles. The summed E-state index contributed by atoms with van der Waals surface area (Å²) in [4.78, 5) is 21.3. The lowest BCUT2D eigenvalue weighted by atomic mass is 10.1. The molecule has 0 N–H and O–H groups in total. The van der Waals surface area contributed by atoms with Crippen LogP contribution >= 0.6 is 45.3 Å². The molecule has 10 heteroatoms. The average Bonchev–Trinajstić information content (AvgIpc) is 3.95. The molecule has 0 bridgehead atoms. The van der Waals surface area contributed by atoms with Crippen LogP contribution in [0.4, 0.5) is 0 Å². The standard InChI is InChI=1S/C16H18S2.C14H16N2O2.C14H16N2S2/c1-9(2)13-5-11-7-16-12(8-15(11)17-13)6-14(18-16)10(3)4;2*1-7(2)13-15-9-5-12-10(6-11(9)17-13)16-14(18-12)8(3)4/h5-10H,1-4H3;2*5-8H,1-4H3. The Morgan fingerprint density at radius 3 is 1.09 bits per heavy atom. The number of thiophene rings is 2. The van der Waals surface area contributed by atoms with Crippen LogP contribution in [0.5, 0.6) is 0 Å². The Kier molecular flexibility index (Phi) is 11.0. The summed E-state index contributed by atoms with van der Waals surface area (Å²) in [5, 5.41) is 5.25. The molecule has 9 aromatic rings. The zero-order chi connectivity index (χ0) is 38.6. The first kappa shape index (κ1) is 38.6. The lowest BCUT2D eigenvalue weighted by Crippen LogP contribution is -1.84. The molecule has 0 saturated heterocycles. The van der Waals surface area contributed by atoms with E-state index in [0.717, 1.165) is 45.0 Å². The molecule has 0 fully saturated rings. The van der Waals surface area contributed by atoms with Crippen molar-refractivity contribution >= 4 is 108 Å².